The highest BCUT2D eigenvalue weighted by Gasteiger charge is 2.47. The maximum Gasteiger partial charge on any atom is 0.516 e. The van der Waals surface area contributed by atoms with Gasteiger partial charge in [-0.25, -0.2) is 4.57 Å². The molecule has 0 aliphatic carbocycles. The molecule has 0 spiro atoms. The number of carbonyl (C=O) groups is 1. The molecule has 1 aliphatic heterocycles. The number of hydrogen-bond acceptors (Lipinski definition) is 5. The molecule has 1 heterocycles. The molecule has 0 radical (unpaired) electrons. The summed E-state index contributed by atoms with van der Waals surface area (Å²) in [6.45, 7) is 4.41. The molecule has 3 rings (SSSR count). The largest absolute Gasteiger partial charge is 0.516 e. The molecule has 1 saturated heterocycles. The van der Waals surface area contributed by atoms with Gasteiger partial charge in [0.15, 0.2) is 0 Å². The molecule has 2 aromatic carbocycles. The number of ether oxygens (including phenoxy) is 1. The minimum atomic E-state index is -3.83. The normalized spacial score (nSPS) is 19.3. The standard InChI is InChI=1S/C20H24NO5P/c1-3-24-20(22)19-10-7-15-21(19)27(23,25-17-8-5-4-6-9-17)26-18-13-11-16(2)12-14-18/h4-6,8-9,11-14,19H,3,7,10,15H2,1-2H3/t19-,27?/m0/s1. The van der Waals surface area contributed by atoms with Crippen LogP contribution in [0.5, 0.6) is 11.5 Å². The van der Waals surface area contributed by atoms with Gasteiger partial charge in [-0.15, -0.1) is 0 Å². The number of para-hydroxylation sites is 1. The van der Waals surface area contributed by atoms with Gasteiger partial charge >= 0.3 is 13.7 Å². The van der Waals surface area contributed by atoms with Gasteiger partial charge in [0.25, 0.3) is 0 Å². The van der Waals surface area contributed by atoms with Gasteiger partial charge in [0.2, 0.25) is 0 Å². The van der Waals surface area contributed by atoms with Crippen molar-refractivity contribution in [3.63, 3.8) is 0 Å². The number of rotatable bonds is 7. The van der Waals surface area contributed by atoms with Crippen LogP contribution in [0.2, 0.25) is 0 Å². The van der Waals surface area contributed by atoms with E-state index in [2.05, 4.69) is 0 Å². The summed E-state index contributed by atoms with van der Waals surface area (Å²) < 4.78 is 32.2. The Morgan fingerprint density at radius 1 is 1.07 bits per heavy atom. The summed E-state index contributed by atoms with van der Waals surface area (Å²) in [5.41, 5.74) is 1.06. The molecule has 1 unspecified atom stereocenters. The fourth-order valence-corrected chi connectivity index (χ4v) is 4.95. The highest BCUT2D eigenvalue weighted by atomic mass is 31.2. The first kappa shape index (κ1) is 19.5. The Hall–Kier alpha value is -2.30. The molecule has 0 aromatic heterocycles. The van der Waals surface area contributed by atoms with E-state index in [1.165, 1.54) is 4.67 Å². The lowest BCUT2D eigenvalue weighted by Gasteiger charge is -2.30. The van der Waals surface area contributed by atoms with Crippen LogP contribution >= 0.6 is 7.75 Å². The first-order valence-electron chi connectivity index (χ1n) is 9.06. The Morgan fingerprint density at radius 2 is 1.70 bits per heavy atom. The van der Waals surface area contributed by atoms with Crippen molar-refractivity contribution in [2.24, 2.45) is 0 Å². The number of benzene rings is 2. The van der Waals surface area contributed by atoms with Crippen LogP contribution < -0.4 is 9.05 Å². The van der Waals surface area contributed by atoms with E-state index in [9.17, 15) is 9.36 Å². The lowest BCUT2D eigenvalue weighted by atomic mass is 10.2. The highest BCUT2D eigenvalue weighted by Crippen LogP contribution is 2.55. The van der Waals surface area contributed by atoms with E-state index in [4.69, 9.17) is 13.8 Å². The van der Waals surface area contributed by atoms with E-state index in [0.717, 1.165) is 5.56 Å². The lowest BCUT2D eigenvalue weighted by molar-refractivity contribution is -0.147. The minimum Gasteiger partial charge on any atom is -0.465 e. The van der Waals surface area contributed by atoms with Gasteiger partial charge in [0.05, 0.1) is 6.61 Å². The van der Waals surface area contributed by atoms with Gasteiger partial charge in [0.1, 0.15) is 17.5 Å². The van der Waals surface area contributed by atoms with Crippen molar-refractivity contribution in [1.82, 2.24) is 4.67 Å². The Bertz CT molecular complexity index is 809. The summed E-state index contributed by atoms with van der Waals surface area (Å²) in [6.07, 6.45) is 1.26. The third kappa shape index (κ3) is 4.71. The number of nitrogens with zero attached hydrogens (tertiary/aromatic N) is 1. The Kier molecular flexibility index (Phi) is 6.19. The molecule has 27 heavy (non-hydrogen) atoms. The van der Waals surface area contributed by atoms with Crippen LogP contribution in [0.1, 0.15) is 25.3 Å². The van der Waals surface area contributed by atoms with Crippen molar-refractivity contribution in [3.8, 4) is 11.5 Å². The van der Waals surface area contributed by atoms with Gasteiger partial charge in [-0.2, -0.15) is 4.67 Å². The second-order valence-corrected chi connectivity index (χ2v) is 8.17. The van der Waals surface area contributed by atoms with E-state index in [-0.39, 0.29) is 6.61 Å². The molecule has 0 saturated carbocycles. The summed E-state index contributed by atoms with van der Waals surface area (Å²) in [5.74, 6) is 0.441. The minimum absolute atomic E-state index is 0.270. The molecule has 1 aliphatic rings. The van der Waals surface area contributed by atoms with Crippen LogP contribution in [-0.4, -0.2) is 29.8 Å². The van der Waals surface area contributed by atoms with Gasteiger partial charge in [0, 0.05) is 6.54 Å². The second-order valence-electron chi connectivity index (χ2n) is 6.35. The van der Waals surface area contributed by atoms with E-state index in [0.29, 0.717) is 30.9 Å². The fourth-order valence-electron chi connectivity index (χ4n) is 2.99. The van der Waals surface area contributed by atoms with E-state index in [1.54, 1.807) is 43.3 Å². The summed E-state index contributed by atoms with van der Waals surface area (Å²) in [5, 5.41) is 0. The zero-order valence-corrected chi connectivity index (χ0v) is 16.4. The predicted octanol–water partition coefficient (Wildman–Crippen LogP) is 4.59. The van der Waals surface area contributed by atoms with Gasteiger partial charge in [-0.05, 0) is 51.0 Å². The number of aryl methyl sites for hydroxylation is 1. The first-order valence-corrected chi connectivity index (χ1v) is 10.6. The van der Waals surface area contributed by atoms with Crippen molar-refractivity contribution in [3.05, 3.63) is 60.2 Å². The van der Waals surface area contributed by atoms with Crippen LogP contribution in [0, 0.1) is 6.92 Å². The van der Waals surface area contributed by atoms with Crippen molar-refractivity contribution >= 4 is 13.7 Å². The number of hydrogen-bond donors (Lipinski definition) is 0. The third-order valence-corrected chi connectivity index (χ3v) is 6.29. The molecule has 0 bridgehead atoms. The number of esters is 1. The third-order valence-electron chi connectivity index (χ3n) is 4.30. The molecule has 6 nitrogen and oxygen atoms in total. The maximum atomic E-state index is 13.8. The molecular formula is C20H24NO5P. The van der Waals surface area contributed by atoms with E-state index < -0.39 is 19.8 Å². The molecule has 7 heteroatoms. The van der Waals surface area contributed by atoms with Gasteiger partial charge < -0.3 is 13.8 Å². The molecule has 2 atom stereocenters. The summed E-state index contributed by atoms with van der Waals surface area (Å²) in [6, 6.07) is 15.4. The highest BCUT2D eigenvalue weighted by molar-refractivity contribution is 7.52. The quantitative estimate of drug-likeness (QED) is 0.510. The predicted molar refractivity (Wildman–Crippen MR) is 103 cm³/mol. The van der Waals surface area contributed by atoms with Crippen molar-refractivity contribution in [2.75, 3.05) is 13.2 Å². The second kappa shape index (κ2) is 8.59. The summed E-state index contributed by atoms with van der Waals surface area (Å²) in [4.78, 5) is 12.4. The zero-order valence-electron chi connectivity index (χ0n) is 15.5. The molecule has 2 aromatic rings. The first-order chi connectivity index (χ1) is 13.0. The van der Waals surface area contributed by atoms with Crippen LogP contribution in [0.4, 0.5) is 0 Å². The van der Waals surface area contributed by atoms with Crippen LogP contribution in [0.15, 0.2) is 54.6 Å². The monoisotopic (exact) mass is 389 g/mol. The van der Waals surface area contributed by atoms with Crippen molar-refractivity contribution in [1.29, 1.82) is 0 Å². The number of carbonyl (C=O) groups excluding carboxylic acids is 1. The molecule has 144 valence electrons. The van der Waals surface area contributed by atoms with Crippen LogP contribution in [0.3, 0.4) is 0 Å². The van der Waals surface area contributed by atoms with Crippen molar-refractivity contribution < 1.29 is 23.1 Å². The van der Waals surface area contributed by atoms with E-state index >= 15 is 0 Å². The Labute approximate surface area is 159 Å². The van der Waals surface area contributed by atoms with E-state index in [1.807, 2.05) is 25.1 Å². The summed E-state index contributed by atoms with van der Waals surface area (Å²) >= 11 is 0. The molecule has 1 fully saturated rings. The molecule has 0 amide bonds. The Balaban J connectivity index is 1.92. The SMILES string of the molecule is CCOC(=O)[C@@H]1CCCN1P(=O)(Oc1ccccc1)Oc1ccc(C)cc1. The van der Waals surface area contributed by atoms with Gasteiger partial charge in [-0.1, -0.05) is 35.9 Å². The average molecular weight is 389 g/mol. The average Bonchev–Trinajstić information content (AvgIpc) is 3.16. The van der Waals surface area contributed by atoms with Crippen LogP contribution in [-0.2, 0) is 14.1 Å². The smallest absolute Gasteiger partial charge is 0.465 e. The zero-order chi connectivity index (χ0) is 19.3. The fraction of sp³-hybridized carbons (Fsp3) is 0.350. The molecule has 0 N–H and O–H groups in total. The topological polar surface area (TPSA) is 65.1 Å². The van der Waals surface area contributed by atoms with Crippen molar-refractivity contribution in [2.45, 2.75) is 32.7 Å². The van der Waals surface area contributed by atoms with Gasteiger partial charge in [-0.3, -0.25) is 4.79 Å². The maximum absolute atomic E-state index is 13.8. The Morgan fingerprint density at radius 3 is 2.33 bits per heavy atom. The lowest BCUT2D eigenvalue weighted by Crippen LogP contribution is -2.37. The summed E-state index contributed by atoms with van der Waals surface area (Å²) in [7, 11) is -3.83. The molecular weight excluding hydrogens is 365 g/mol. The van der Waals surface area contributed by atoms with Crippen LogP contribution in [0.25, 0.3) is 0 Å².